The SMILES string of the molecule is CC(C)(C)NC(=O)c1ccccc1N.CC(C)(C)n1c(=O)[nH]c2ccccc2c1=O.COC(=O)Cl.COC(=O)Nc1ccccc1C(=O)NC(C)(C)C.O=c1[nH]c2ccccc2c(=O)o1. The Kier molecular flexibility index (Phi) is 19.7. The van der Waals surface area contributed by atoms with Gasteiger partial charge in [0, 0.05) is 33.9 Å². The van der Waals surface area contributed by atoms with Gasteiger partial charge >= 0.3 is 28.6 Å². The largest absolute Gasteiger partial charge is 0.457 e. The monoisotopic (exact) mass is 917 g/mol. The highest BCUT2D eigenvalue weighted by atomic mass is 35.5. The molecule has 0 aliphatic rings. The van der Waals surface area contributed by atoms with Crippen molar-refractivity contribution in [3.05, 3.63) is 150 Å². The van der Waals surface area contributed by atoms with Crippen molar-refractivity contribution in [1.29, 1.82) is 0 Å². The zero-order chi connectivity index (χ0) is 49.3. The number of aromatic nitrogens is 3. The number of fused-ring (bicyclic) bond motifs is 2. The highest BCUT2D eigenvalue weighted by molar-refractivity contribution is 6.61. The number of nitrogen functional groups attached to an aromatic ring is 1. The lowest BCUT2D eigenvalue weighted by Crippen LogP contribution is -2.44. The van der Waals surface area contributed by atoms with Gasteiger partial charge in [0.25, 0.3) is 17.4 Å². The van der Waals surface area contributed by atoms with Crippen LogP contribution in [-0.2, 0) is 15.0 Å². The molecule has 2 aromatic heterocycles. The van der Waals surface area contributed by atoms with Crippen molar-refractivity contribution >= 4 is 68.1 Å². The van der Waals surface area contributed by atoms with E-state index in [2.05, 4.69) is 51.4 Å². The van der Waals surface area contributed by atoms with Crippen LogP contribution in [0.15, 0.2) is 121 Å². The fraction of sp³-hybridized carbons (Fsp3) is 0.304. The van der Waals surface area contributed by atoms with E-state index in [9.17, 15) is 38.4 Å². The summed E-state index contributed by atoms with van der Waals surface area (Å²) in [4.78, 5) is 95.0. The van der Waals surface area contributed by atoms with Crippen LogP contribution in [0.25, 0.3) is 21.8 Å². The van der Waals surface area contributed by atoms with Gasteiger partial charge in [-0.3, -0.25) is 29.3 Å². The van der Waals surface area contributed by atoms with Crippen LogP contribution >= 0.6 is 11.6 Å². The smallest absolute Gasteiger partial charge is 0.419 e. The van der Waals surface area contributed by atoms with E-state index < -0.39 is 28.4 Å². The lowest BCUT2D eigenvalue weighted by molar-refractivity contribution is 0.0911. The quantitative estimate of drug-likeness (QED) is 0.0766. The van der Waals surface area contributed by atoms with Crippen LogP contribution < -0.4 is 44.3 Å². The molecule has 0 saturated heterocycles. The Morgan fingerprint density at radius 2 is 1.08 bits per heavy atom. The van der Waals surface area contributed by atoms with Gasteiger partial charge in [-0.15, -0.1) is 0 Å². The number of hydrogen-bond acceptors (Lipinski definition) is 12. The van der Waals surface area contributed by atoms with Crippen molar-refractivity contribution < 1.29 is 33.1 Å². The first-order valence-corrected chi connectivity index (χ1v) is 20.1. The molecule has 18 nitrogen and oxygen atoms in total. The van der Waals surface area contributed by atoms with Crippen LogP contribution in [0.3, 0.4) is 0 Å². The van der Waals surface area contributed by atoms with E-state index in [1.165, 1.54) is 18.8 Å². The molecule has 0 spiro atoms. The maximum Gasteiger partial charge on any atom is 0.419 e. The van der Waals surface area contributed by atoms with E-state index in [4.69, 9.17) is 5.73 Å². The first kappa shape index (κ1) is 53.7. The molecule has 0 radical (unpaired) electrons. The zero-order valence-corrected chi connectivity index (χ0v) is 38.9. The first-order chi connectivity index (χ1) is 30.2. The molecule has 6 aromatic rings. The summed E-state index contributed by atoms with van der Waals surface area (Å²) < 4.78 is 14.0. The Labute approximate surface area is 379 Å². The Morgan fingerprint density at radius 3 is 1.57 bits per heavy atom. The average Bonchev–Trinajstić information content (AvgIpc) is 3.20. The number of aromatic amines is 2. The van der Waals surface area contributed by atoms with Crippen LogP contribution in [0, 0.1) is 0 Å². The van der Waals surface area contributed by atoms with Crippen molar-refractivity contribution in [2.24, 2.45) is 0 Å². The number of rotatable bonds is 3. The van der Waals surface area contributed by atoms with Gasteiger partial charge in [0.1, 0.15) is 0 Å². The van der Waals surface area contributed by atoms with Crippen LogP contribution in [0.1, 0.15) is 83.0 Å². The van der Waals surface area contributed by atoms with Crippen LogP contribution in [0.5, 0.6) is 0 Å². The Hall–Kier alpha value is -7.47. The van der Waals surface area contributed by atoms with E-state index in [0.717, 1.165) is 0 Å². The maximum atomic E-state index is 12.1. The van der Waals surface area contributed by atoms with Crippen LogP contribution in [0.2, 0.25) is 0 Å². The fourth-order valence-corrected chi connectivity index (χ4v) is 5.29. The van der Waals surface area contributed by atoms with Gasteiger partial charge in [-0.25, -0.2) is 24.0 Å². The van der Waals surface area contributed by atoms with Gasteiger partial charge in [-0.1, -0.05) is 48.5 Å². The molecule has 2 heterocycles. The summed E-state index contributed by atoms with van der Waals surface area (Å²) >= 11 is 4.60. The number of halogens is 1. The number of benzene rings is 4. The molecule has 7 N–H and O–H groups in total. The van der Waals surface area contributed by atoms with E-state index in [0.29, 0.717) is 44.3 Å². The minimum absolute atomic E-state index is 0.129. The van der Waals surface area contributed by atoms with E-state index in [-0.39, 0.29) is 34.1 Å². The van der Waals surface area contributed by atoms with Gasteiger partial charge in [0.15, 0.2) is 0 Å². The van der Waals surface area contributed by atoms with Gasteiger partial charge < -0.3 is 35.2 Å². The third-order valence-electron chi connectivity index (χ3n) is 7.98. The predicted molar refractivity (Wildman–Crippen MR) is 253 cm³/mol. The van der Waals surface area contributed by atoms with Crippen molar-refractivity contribution in [3.8, 4) is 0 Å². The number of carbonyl (C=O) groups excluding carboxylic acids is 4. The Balaban J connectivity index is 0.000000290. The standard InChI is InChI=1S/C13H18N2O3.C12H14N2O2.C11H16N2O.C8H5NO3.C2H3ClO2/c1-13(2,3)15-11(16)9-7-5-6-8-10(9)14-12(17)18-4;1-12(2,3)14-10(15)8-6-4-5-7-9(8)13-11(14)16;1-11(2,3)13-10(14)8-6-4-5-7-9(8)12;10-7-5-3-1-2-4-6(5)9-8(11)12-7;1-5-2(3)4/h5-8H,1-4H3,(H,14,17)(H,15,16);4-7H,1-3H3,(H,13,16);4-7H,12H2,1-3H3,(H,13,14);1-4H,(H,9,11);1H3. The van der Waals surface area contributed by atoms with Crippen molar-refractivity contribution in [3.63, 3.8) is 0 Å². The number of carbonyl (C=O) groups is 4. The normalized spacial score (nSPS) is 10.7. The number of para-hydroxylation sites is 4. The topological polar surface area (TPSA) is 267 Å². The second-order valence-corrected chi connectivity index (χ2v) is 17.0. The lowest BCUT2D eigenvalue weighted by Gasteiger charge is -2.21. The lowest BCUT2D eigenvalue weighted by atomic mass is 10.1. The number of ether oxygens (including phenoxy) is 2. The molecule has 0 saturated carbocycles. The number of amides is 3. The second-order valence-electron chi connectivity index (χ2n) is 16.7. The Bertz CT molecular complexity index is 2830. The predicted octanol–water partition coefficient (Wildman–Crippen LogP) is 7.11. The van der Waals surface area contributed by atoms with Crippen LogP contribution in [0.4, 0.5) is 21.0 Å². The van der Waals surface area contributed by atoms with Crippen molar-refractivity contribution in [2.75, 3.05) is 25.3 Å². The summed E-state index contributed by atoms with van der Waals surface area (Å²) in [7, 11) is 2.49. The minimum atomic E-state index is -0.773. The maximum absolute atomic E-state index is 12.1. The molecule has 0 fully saturated rings. The first-order valence-electron chi connectivity index (χ1n) is 19.7. The number of anilines is 2. The summed E-state index contributed by atoms with van der Waals surface area (Å²) in [5, 5.41) is 9.12. The molecule has 0 bridgehead atoms. The fourth-order valence-electron chi connectivity index (χ4n) is 5.29. The number of nitrogens with one attached hydrogen (secondary N) is 5. The molecule has 348 valence electrons. The molecule has 0 unspecified atom stereocenters. The second kappa shape index (κ2) is 23.8. The molecule has 0 aliphatic carbocycles. The number of methoxy groups -OCH3 is 2. The molecule has 3 amide bonds. The number of nitrogens with zero attached hydrogens (tertiary/aromatic N) is 1. The Morgan fingerprint density at radius 1 is 0.631 bits per heavy atom. The number of H-pyrrole nitrogens is 2. The summed E-state index contributed by atoms with van der Waals surface area (Å²) in [6.45, 7) is 17.0. The van der Waals surface area contributed by atoms with Gasteiger partial charge in [0.2, 0.25) is 0 Å². The van der Waals surface area contributed by atoms with Gasteiger partial charge in [-0.05, 0) is 111 Å². The molecule has 0 atom stereocenters. The van der Waals surface area contributed by atoms with E-state index in [1.54, 1.807) is 91.0 Å². The highest BCUT2D eigenvalue weighted by Crippen LogP contribution is 2.17. The van der Waals surface area contributed by atoms with Gasteiger partial charge in [0.05, 0.1) is 52.8 Å². The van der Waals surface area contributed by atoms with Gasteiger partial charge in [-0.2, -0.15) is 0 Å². The molecule has 4 aromatic carbocycles. The number of nitrogens with two attached hydrogens (primary N) is 1. The molecular weight excluding hydrogens is 862 g/mol. The highest BCUT2D eigenvalue weighted by Gasteiger charge is 2.20. The van der Waals surface area contributed by atoms with E-state index >= 15 is 0 Å². The third-order valence-corrected chi connectivity index (χ3v) is 8.14. The molecule has 65 heavy (non-hydrogen) atoms. The summed E-state index contributed by atoms with van der Waals surface area (Å²) in [6, 6.07) is 27.5. The molecule has 6 rings (SSSR count). The zero-order valence-electron chi connectivity index (χ0n) is 38.1. The van der Waals surface area contributed by atoms with Crippen molar-refractivity contribution in [2.45, 2.75) is 78.9 Å². The van der Waals surface area contributed by atoms with E-state index in [1.807, 2.05) is 68.4 Å². The summed E-state index contributed by atoms with van der Waals surface area (Å²) in [5.74, 6) is -1.09. The van der Waals surface area contributed by atoms with Crippen molar-refractivity contribution in [1.82, 2.24) is 25.2 Å². The molecule has 19 heteroatoms. The van der Waals surface area contributed by atoms with Crippen LogP contribution in [-0.4, -0.2) is 63.2 Å². The number of hydrogen-bond donors (Lipinski definition) is 6. The molecule has 0 aliphatic heterocycles. The third kappa shape index (κ3) is 18.0. The summed E-state index contributed by atoms with van der Waals surface area (Å²) in [5.41, 5.74) is 5.54. The summed E-state index contributed by atoms with van der Waals surface area (Å²) in [6.07, 6.45) is -0.606. The average molecular weight is 918 g/mol. The molecular formula is C46H56ClN7O11. The minimum Gasteiger partial charge on any atom is -0.457 e.